The first-order chi connectivity index (χ1) is 13.2. The van der Waals surface area contributed by atoms with E-state index in [1.807, 2.05) is 53.4 Å². The van der Waals surface area contributed by atoms with Crippen molar-refractivity contribution in [2.45, 2.75) is 18.7 Å². The topological polar surface area (TPSA) is 68.0 Å². The maximum absolute atomic E-state index is 12.4. The molecule has 0 N–H and O–H groups in total. The first-order valence-corrected chi connectivity index (χ1v) is 8.92. The molecule has 1 amide bonds. The van der Waals surface area contributed by atoms with Crippen LogP contribution in [0.5, 0.6) is 5.75 Å². The van der Waals surface area contributed by atoms with Crippen LogP contribution in [0.15, 0.2) is 52.9 Å². The third kappa shape index (κ3) is 2.66. The molecular formula is C20H19N3O4. The largest absolute Gasteiger partial charge is 0.496 e. The van der Waals surface area contributed by atoms with Crippen LogP contribution in [-0.2, 0) is 11.3 Å². The van der Waals surface area contributed by atoms with Gasteiger partial charge in [0.1, 0.15) is 17.4 Å². The van der Waals surface area contributed by atoms with E-state index in [0.717, 1.165) is 22.4 Å². The fraction of sp³-hybridized carbons (Fsp3) is 0.300. The SMILES string of the molecule is COc1ccccc1CN1C(=O)O[C@H]2CN(c3nc4ccccc4o3)C[C@H]21. The highest BCUT2D eigenvalue weighted by molar-refractivity contribution is 5.75. The average Bonchev–Trinajstić information content (AvgIpc) is 3.36. The Hall–Kier alpha value is -3.22. The monoisotopic (exact) mass is 365 g/mol. The zero-order valence-electron chi connectivity index (χ0n) is 14.9. The summed E-state index contributed by atoms with van der Waals surface area (Å²) in [6, 6.07) is 15.9. The number of rotatable bonds is 4. The number of benzene rings is 2. The van der Waals surface area contributed by atoms with Crippen LogP contribution in [0.1, 0.15) is 5.56 Å². The molecule has 3 aromatic rings. The Morgan fingerprint density at radius 2 is 1.96 bits per heavy atom. The highest BCUT2D eigenvalue weighted by Gasteiger charge is 2.48. The van der Waals surface area contributed by atoms with Gasteiger partial charge in [-0.25, -0.2) is 4.79 Å². The molecule has 2 aliphatic rings. The third-order valence-corrected chi connectivity index (χ3v) is 5.21. The van der Waals surface area contributed by atoms with Crippen molar-refractivity contribution in [1.82, 2.24) is 9.88 Å². The smallest absolute Gasteiger partial charge is 0.410 e. The maximum Gasteiger partial charge on any atom is 0.410 e. The fourth-order valence-electron chi connectivity index (χ4n) is 3.85. The van der Waals surface area contributed by atoms with Crippen LogP contribution >= 0.6 is 0 Å². The molecule has 7 heteroatoms. The predicted molar refractivity (Wildman–Crippen MR) is 98.8 cm³/mol. The van der Waals surface area contributed by atoms with E-state index in [2.05, 4.69) is 4.98 Å². The van der Waals surface area contributed by atoms with Crippen LogP contribution in [0.4, 0.5) is 10.8 Å². The zero-order valence-corrected chi connectivity index (χ0v) is 14.9. The van der Waals surface area contributed by atoms with Crippen LogP contribution in [0.25, 0.3) is 11.1 Å². The molecule has 0 unspecified atom stereocenters. The van der Waals surface area contributed by atoms with Crippen LogP contribution in [0, 0.1) is 0 Å². The summed E-state index contributed by atoms with van der Waals surface area (Å²) < 4.78 is 16.9. The lowest BCUT2D eigenvalue weighted by atomic mass is 10.1. The number of para-hydroxylation sites is 3. The van der Waals surface area contributed by atoms with E-state index in [1.54, 1.807) is 12.0 Å². The summed E-state index contributed by atoms with van der Waals surface area (Å²) in [5, 5.41) is 0. The molecule has 2 fully saturated rings. The van der Waals surface area contributed by atoms with E-state index < -0.39 is 0 Å². The lowest BCUT2D eigenvalue weighted by molar-refractivity contribution is 0.134. The summed E-state index contributed by atoms with van der Waals surface area (Å²) in [6.45, 7) is 1.65. The molecule has 0 spiro atoms. The van der Waals surface area contributed by atoms with Crippen molar-refractivity contribution < 1.29 is 18.7 Å². The molecule has 0 radical (unpaired) electrons. The van der Waals surface area contributed by atoms with Gasteiger partial charge >= 0.3 is 6.09 Å². The van der Waals surface area contributed by atoms with E-state index in [0.29, 0.717) is 25.6 Å². The van der Waals surface area contributed by atoms with Gasteiger partial charge in [-0.15, -0.1) is 0 Å². The Morgan fingerprint density at radius 3 is 2.81 bits per heavy atom. The predicted octanol–water partition coefficient (Wildman–Crippen LogP) is 3.05. The molecule has 2 saturated heterocycles. The van der Waals surface area contributed by atoms with Gasteiger partial charge in [-0.05, 0) is 18.2 Å². The Bertz CT molecular complexity index is 969. The molecule has 27 heavy (non-hydrogen) atoms. The Morgan fingerprint density at radius 1 is 1.15 bits per heavy atom. The Kier molecular flexibility index (Phi) is 3.67. The van der Waals surface area contributed by atoms with Gasteiger partial charge in [-0.1, -0.05) is 30.3 Å². The van der Waals surface area contributed by atoms with Gasteiger partial charge in [-0.2, -0.15) is 4.98 Å². The van der Waals surface area contributed by atoms with Gasteiger partial charge in [0.25, 0.3) is 6.01 Å². The Balaban J connectivity index is 1.38. The second-order valence-electron chi connectivity index (χ2n) is 6.80. The summed E-state index contributed by atoms with van der Waals surface area (Å²) >= 11 is 0. The van der Waals surface area contributed by atoms with Crippen molar-refractivity contribution in [3.8, 4) is 5.75 Å². The Labute approximate surface area is 156 Å². The highest BCUT2D eigenvalue weighted by Crippen LogP contribution is 2.33. The van der Waals surface area contributed by atoms with E-state index in [1.165, 1.54) is 0 Å². The molecule has 0 bridgehead atoms. The van der Waals surface area contributed by atoms with Gasteiger partial charge in [0, 0.05) is 12.1 Å². The molecule has 0 aliphatic carbocycles. The number of anilines is 1. The number of oxazole rings is 1. The van der Waals surface area contributed by atoms with Crippen LogP contribution in [-0.4, -0.2) is 48.3 Å². The number of aromatic nitrogens is 1. The molecular weight excluding hydrogens is 346 g/mol. The molecule has 7 nitrogen and oxygen atoms in total. The van der Waals surface area contributed by atoms with E-state index >= 15 is 0 Å². The van der Waals surface area contributed by atoms with Crippen molar-refractivity contribution in [2.24, 2.45) is 0 Å². The molecule has 0 saturated carbocycles. The summed E-state index contributed by atoms with van der Waals surface area (Å²) in [4.78, 5) is 20.7. The van der Waals surface area contributed by atoms with Crippen molar-refractivity contribution in [3.05, 3.63) is 54.1 Å². The van der Waals surface area contributed by atoms with Gasteiger partial charge in [0.15, 0.2) is 5.58 Å². The number of carbonyl (C=O) groups excluding carboxylic acids is 1. The number of amides is 1. The number of carbonyl (C=O) groups is 1. The fourth-order valence-corrected chi connectivity index (χ4v) is 3.85. The first-order valence-electron chi connectivity index (χ1n) is 8.92. The lowest BCUT2D eigenvalue weighted by Crippen LogP contribution is -2.37. The van der Waals surface area contributed by atoms with Crippen LogP contribution in [0.3, 0.4) is 0 Å². The standard InChI is InChI=1S/C20H19N3O4/c1-25-16-8-4-2-6-13(16)10-23-15-11-22(12-18(15)27-20(23)24)19-21-14-7-3-5-9-17(14)26-19/h2-9,15,18H,10-12H2,1H3/t15-,18+/m1/s1. The average molecular weight is 365 g/mol. The summed E-state index contributed by atoms with van der Waals surface area (Å²) in [5.41, 5.74) is 2.54. The van der Waals surface area contributed by atoms with Gasteiger partial charge < -0.3 is 18.8 Å². The number of ether oxygens (including phenoxy) is 2. The van der Waals surface area contributed by atoms with Gasteiger partial charge in [0.2, 0.25) is 0 Å². The normalized spacial score (nSPS) is 21.6. The van der Waals surface area contributed by atoms with Crippen molar-refractivity contribution in [3.63, 3.8) is 0 Å². The van der Waals surface area contributed by atoms with E-state index in [-0.39, 0.29) is 18.2 Å². The molecule has 2 aliphatic heterocycles. The number of fused-ring (bicyclic) bond motifs is 2. The molecule has 138 valence electrons. The lowest BCUT2D eigenvalue weighted by Gasteiger charge is -2.22. The third-order valence-electron chi connectivity index (χ3n) is 5.21. The first kappa shape index (κ1) is 16.0. The molecule has 5 rings (SSSR count). The molecule has 2 atom stereocenters. The summed E-state index contributed by atoms with van der Waals surface area (Å²) in [6.07, 6.45) is -0.477. The second kappa shape index (κ2) is 6.19. The zero-order chi connectivity index (χ0) is 18.4. The second-order valence-corrected chi connectivity index (χ2v) is 6.80. The van der Waals surface area contributed by atoms with E-state index in [9.17, 15) is 4.79 Å². The van der Waals surface area contributed by atoms with Gasteiger partial charge in [-0.3, -0.25) is 4.90 Å². The van der Waals surface area contributed by atoms with Crippen molar-refractivity contribution in [2.75, 3.05) is 25.1 Å². The highest BCUT2D eigenvalue weighted by atomic mass is 16.6. The number of methoxy groups -OCH3 is 1. The van der Waals surface area contributed by atoms with Crippen LogP contribution in [0.2, 0.25) is 0 Å². The summed E-state index contributed by atoms with van der Waals surface area (Å²) in [5.74, 6) is 0.766. The minimum absolute atomic E-state index is 0.0441. The maximum atomic E-state index is 12.4. The number of hydrogen-bond donors (Lipinski definition) is 0. The summed E-state index contributed by atoms with van der Waals surface area (Å²) in [7, 11) is 1.63. The van der Waals surface area contributed by atoms with Gasteiger partial charge in [0.05, 0.1) is 26.2 Å². The van der Waals surface area contributed by atoms with Crippen molar-refractivity contribution >= 4 is 23.2 Å². The number of nitrogens with zero attached hydrogens (tertiary/aromatic N) is 3. The molecule has 1 aromatic heterocycles. The molecule has 3 heterocycles. The quantitative estimate of drug-likeness (QED) is 0.708. The minimum Gasteiger partial charge on any atom is -0.496 e. The van der Waals surface area contributed by atoms with E-state index in [4.69, 9.17) is 13.9 Å². The number of hydrogen-bond acceptors (Lipinski definition) is 6. The molecule has 2 aromatic carbocycles. The van der Waals surface area contributed by atoms with Crippen LogP contribution < -0.4 is 9.64 Å². The minimum atomic E-state index is -0.284. The van der Waals surface area contributed by atoms with Crippen molar-refractivity contribution in [1.29, 1.82) is 0 Å².